The predicted molar refractivity (Wildman–Crippen MR) is 65.7 cm³/mol. The van der Waals surface area contributed by atoms with Crippen molar-refractivity contribution in [2.75, 3.05) is 13.1 Å². The van der Waals surface area contributed by atoms with Gasteiger partial charge >= 0.3 is 6.09 Å². The Kier molecular flexibility index (Phi) is 2.69. The van der Waals surface area contributed by atoms with Crippen molar-refractivity contribution < 1.29 is 14.7 Å². The van der Waals surface area contributed by atoms with Gasteiger partial charge in [-0.15, -0.1) is 0 Å². The number of hydrogen-bond donors (Lipinski definition) is 1. The molecule has 7 nitrogen and oxygen atoms in total. The predicted octanol–water partition coefficient (Wildman–Crippen LogP) is 0.518. The molecule has 1 aromatic heterocycles. The number of aryl methyl sites for hydroxylation is 1. The molecule has 1 saturated heterocycles. The molecule has 1 atom stereocenters. The van der Waals surface area contributed by atoms with Gasteiger partial charge in [-0.1, -0.05) is 0 Å². The fourth-order valence-electron chi connectivity index (χ4n) is 2.94. The average molecular weight is 264 g/mol. The van der Waals surface area contributed by atoms with Crippen molar-refractivity contribution in [3.8, 4) is 0 Å². The summed E-state index contributed by atoms with van der Waals surface area (Å²) in [6.45, 7) is 1.50. The first-order valence-electron chi connectivity index (χ1n) is 6.37. The Morgan fingerprint density at radius 2 is 2.32 bits per heavy atom. The molecule has 2 aliphatic heterocycles. The monoisotopic (exact) mass is 264 g/mol. The Balaban J connectivity index is 1.78. The molecule has 7 heteroatoms. The highest BCUT2D eigenvalue weighted by Crippen LogP contribution is 2.27. The maximum absolute atomic E-state index is 12.4. The third-order valence-electron chi connectivity index (χ3n) is 3.93. The largest absolute Gasteiger partial charge is 0.465 e. The summed E-state index contributed by atoms with van der Waals surface area (Å²) in [5, 5.41) is 13.1. The van der Waals surface area contributed by atoms with E-state index < -0.39 is 6.09 Å². The summed E-state index contributed by atoms with van der Waals surface area (Å²) in [6.07, 6.45) is 2.47. The third kappa shape index (κ3) is 1.85. The van der Waals surface area contributed by atoms with Crippen molar-refractivity contribution in [3.05, 3.63) is 17.5 Å². The highest BCUT2D eigenvalue weighted by atomic mass is 16.4. The van der Waals surface area contributed by atoms with E-state index in [1.54, 1.807) is 22.8 Å². The molecule has 19 heavy (non-hydrogen) atoms. The zero-order chi connectivity index (χ0) is 13.6. The van der Waals surface area contributed by atoms with E-state index in [0.29, 0.717) is 25.3 Å². The van der Waals surface area contributed by atoms with Crippen molar-refractivity contribution in [3.63, 3.8) is 0 Å². The van der Waals surface area contributed by atoms with Crippen LogP contribution < -0.4 is 0 Å². The second-order valence-electron chi connectivity index (χ2n) is 5.10. The lowest BCUT2D eigenvalue weighted by atomic mass is 10.0. The molecule has 1 fully saturated rings. The normalized spacial score (nSPS) is 22.8. The van der Waals surface area contributed by atoms with Gasteiger partial charge in [-0.2, -0.15) is 5.10 Å². The lowest BCUT2D eigenvalue weighted by Crippen LogP contribution is -2.49. The number of rotatable bonds is 1. The van der Waals surface area contributed by atoms with Crippen molar-refractivity contribution in [1.82, 2.24) is 19.6 Å². The number of carbonyl (C=O) groups excluding carboxylic acids is 1. The number of likely N-dealkylation sites (tertiary alicyclic amines) is 1. The van der Waals surface area contributed by atoms with Crippen LogP contribution >= 0.6 is 0 Å². The van der Waals surface area contributed by atoms with Gasteiger partial charge in [0.1, 0.15) is 5.69 Å². The fourth-order valence-corrected chi connectivity index (χ4v) is 2.94. The van der Waals surface area contributed by atoms with Crippen LogP contribution in [0, 0.1) is 0 Å². The molecular formula is C12H16N4O3. The van der Waals surface area contributed by atoms with Gasteiger partial charge in [-0.05, 0) is 12.8 Å². The number of fused-ring (bicyclic) bond motifs is 1. The van der Waals surface area contributed by atoms with Gasteiger partial charge in [-0.3, -0.25) is 9.48 Å². The summed E-state index contributed by atoms with van der Waals surface area (Å²) in [5.74, 6) is -0.0350. The third-order valence-corrected chi connectivity index (χ3v) is 3.93. The standard InChI is InChI=1S/C12H16N4O3/c1-14-10-8(5-13-14)6-16(11(10)17)9-3-2-4-15(7-9)12(18)19/h5,9H,2-4,6-7H2,1H3,(H,18,19). The van der Waals surface area contributed by atoms with Crippen LogP contribution in [0.1, 0.15) is 28.9 Å². The maximum Gasteiger partial charge on any atom is 0.407 e. The van der Waals surface area contributed by atoms with Crippen LogP contribution in [0.15, 0.2) is 6.20 Å². The molecule has 0 aliphatic carbocycles. The molecular weight excluding hydrogens is 248 g/mol. The minimum atomic E-state index is -0.907. The number of amides is 2. The quantitative estimate of drug-likeness (QED) is 0.802. The van der Waals surface area contributed by atoms with Crippen LogP contribution in [0.4, 0.5) is 4.79 Å². The van der Waals surface area contributed by atoms with E-state index >= 15 is 0 Å². The minimum Gasteiger partial charge on any atom is -0.465 e. The van der Waals surface area contributed by atoms with E-state index in [4.69, 9.17) is 5.11 Å². The summed E-state index contributed by atoms with van der Waals surface area (Å²) in [6, 6.07) is -0.0234. The molecule has 1 N–H and O–H groups in total. The summed E-state index contributed by atoms with van der Waals surface area (Å²) >= 11 is 0. The first kappa shape index (κ1) is 12.0. The van der Waals surface area contributed by atoms with Gasteiger partial charge in [0.05, 0.1) is 18.8 Å². The van der Waals surface area contributed by atoms with E-state index in [9.17, 15) is 9.59 Å². The van der Waals surface area contributed by atoms with Gasteiger partial charge < -0.3 is 14.9 Å². The Bertz CT molecular complexity index is 539. The highest BCUT2D eigenvalue weighted by molar-refractivity contribution is 5.96. The molecule has 2 amide bonds. The molecule has 3 rings (SSSR count). The van der Waals surface area contributed by atoms with Gasteiger partial charge in [0, 0.05) is 25.7 Å². The number of nitrogens with zero attached hydrogens (tertiary/aromatic N) is 4. The Morgan fingerprint density at radius 3 is 3.00 bits per heavy atom. The van der Waals surface area contributed by atoms with Crippen LogP contribution in [-0.4, -0.2) is 55.8 Å². The molecule has 1 unspecified atom stereocenters. The first-order chi connectivity index (χ1) is 9.08. The van der Waals surface area contributed by atoms with Crippen molar-refractivity contribution in [2.24, 2.45) is 7.05 Å². The molecule has 0 radical (unpaired) electrons. The van der Waals surface area contributed by atoms with Gasteiger partial charge in [-0.25, -0.2) is 4.79 Å². The fraction of sp³-hybridized carbons (Fsp3) is 0.583. The summed E-state index contributed by atoms with van der Waals surface area (Å²) in [4.78, 5) is 26.6. The molecule has 102 valence electrons. The molecule has 2 aliphatic rings. The van der Waals surface area contributed by atoms with Crippen LogP contribution in [0.25, 0.3) is 0 Å². The second kappa shape index (κ2) is 4.25. The molecule has 3 heterocycles. The molecule has 0 bridgehead atoms. The Morgan fingerprint density at radius 1 is 1.53 bits per heavy atom. The second-order valence-corrected chi connectivity index (χ2v) is 5.10. The topological polar surface area (TPSA) is 78.7 Å². The Hall–Kier alpha value is -2.05. The summed E-state index contributed by atoms with van der Waals surface area (Å²) in [7, 11) is 1.75. The highest BCUT2D eigenvalue weighted by Gasteiger charge is 2.37. The van der Waals surface area contributed by atoms with Gasteiger partial charge in [0.25, 0.3) is 5.91 Å². The number of hydrogen-bond acceptors (Lipinski definition) is 3. The van der Waals surface area contributed by atoms with E-state index in [-0.39, 0.29) is 11.9 Å². The van der Waals surface area contributed by atoms with Gasteiger partial charge in [0.2, 0.25) is 0 Å². The van der Waals surface area contributed by atoms with E-state index in [1.165, 1.54) is 4.90 Å². The minimum absolute atomic E-state index is 0.0234. The van der Waals surface area contributed by atoms with Crippen LogP contribution in [0.3, 0.4) is 0 Å². The van der Waals surface area contributed by atoms with E-state index in [2.05, 4.69) is 5.10 Å². The van der Waals surface area contributed by atoms with Crippen molar-refractivity contribution in [2.45, 2.75) is 25.4 Å². The van der Waals surface area contributed by atoms with E-state index in [0.717, 1.165) is 18.4 Å². The zero-order valence-corrected chi connectivity index (χ0v) is 10.7. The van der Waals surface area contributed by atoms with Crippen molar-refractivity contribution in [1.29, 1.82) is 0 Å². The van der Waals surface area contributed by atoms with Crippen LogP contribution in [-0.2, 0) is 13.6 Å². The molecule has 0 aromatic carbocycles. The smallest absolute Gasteiger partial charge is 0.407 e. The van der Waals surface area contributed by atoms with Crippen LogP contribution in [0.2, 0.25) is 0 Å². The zero-order valence-electron chi connectivity index (χ0n) is 10.7. The first-order valence-corrected chi connectivity index (χ1v) is 6.37. The molecule has 0 spiro atoms. The lowest BCUT2D eigenvalue weighted by Gasteiger charge is -2.36. The maximum atomic E-state index is 12.4. The number of carboxylic acid groups (broad SMARTS) is 1. The summed E-state index contributed by atoms with van der Waals surface area (Å²) in [5.41, 5.74) is 1.56. The van der Waals surface area contributed by atoms with Crippen molar-refractivity contribution >= 4 is 12.0 Å². The molecule has 1 aromatic rings. The SMILES string of the molecule is Cn1ncc2c1C(=O)N(C1CCCN(C(=O)O)C1)C2. The number of piperidine rings is 1. The van der Waals surface area contributed by atoms with E-state index in [1.807, 2.05) is 0 Å². The average Bonchev–Trinajstić information content (AvgIpc) is 2.91. The number of aromatic nitrogens is 2. The van der Waals surface area contributed by atoms with Gasteiger partial charge in [0.15, 0.2) is 0 Å². The Labute approximate surface area is 110 Å². The number of carbonyl (C=O) groups is 2. The summed E-state index contributed by atoms with van der Waals surface area (Å²) < 4.78 is 1.59. The lowest BCUT2D eigenvalue weighted by molar-refractivity contribution is 0.0550. The molecule has 0 saturated carbocycles. The van der Waals surface area contributed by atoms with Crippen LogP contribution in [0.5, 0.6) is 0 Å².